The molecule has 0 radical (unpaired) electrons. The highest BCUT2D eigenvalue weighted by atomic mass is 16.6. The first-order valence-electron chi connectivity index (χ1n) is 13.7. The average molecular weight is 553 g/mol. The van der Waals surface area contributed by atoms with E-state index in [1.165, 1.54) is 6.92 Å². The van der Waals surface area contributed by atoms with Crippen LogP contribution in [0.1, 0.15) is 29.2 Å². The van der Waals surface area contributed by atoms with E-state index in [1.807, 2.05) is 121 Å². The minimum atomic E-state index is -1.11. The lowest BCUT2D eigenvalue weighted by Gasteiger charge is -2.32. The molecule has 0 amide bonds. The van der Waals surface area contributed by atoms with Gasteiger partial charge in [-0.05, 0) is 29.2 Å². The fourth-order valence-corrected chi connectivity index (χ4v) is 4.36. The molecule has 6 heteroatoms. The van der Waals surface area contributed by atoms with Crippen molar-refractivity contribution in [1.82, 2.24) is 0 Å². The Bertz CT molecular complexity index is 1310. The molecular weight excluding hydrogens is 516 g/mol. The first kappa shape index (κ1) is 30.0. The summed E-state index contributed by atoms with van der Waals surface area (Å²) >= 11 is 0. The Balaban J connectivity index is 1.57. The van der Waals surface area contributed by atoms with Crippen molar-refractivity contribution in [2.75, 3.05) is 6.61 Å². The van der Waals surface area contributed by atoms with Crippen molar-refractivity contribution in [3.63, 3.8) is 0 Å². The Morgan fingerprint density at radius 1 is 0.512 bits per heavy atom. The van der Waals surface area contributed by atoms with Crippen LogP contribution in [0.5, 0.6) is 0 Å². The van der Waals surface area contributed by atoms with Crippen LogP contribution in [-0.4, -0.2) is 36.5 Å². The maximum absolute atomic E-state index is 13.7. The molecule has 0 aliphatic heterocycles. The van der Waals surface area contributed by atoms with Gasteiger partial charge >= 0.3 is 0 Å². The Hall–Kier alpha value is -3.94. The van der Waals surface area contributed by atoms with Gasteiger partial charge in [-0.1, -0.05) is 121 Å². The zero-order chi connectivity index (χ0) is 28.7. The van der Waals surface area contributed by atoms with Gasteiger partial charge in [-0.25, -0.2) is 0 Å². The Morgan fingerprint density at radius 2 is 0.878 bits per heavy atom. The second kappa shape index (κ2) is 16.4. The minimum absolute atomic E-state index is 0.157. The van der Waals surface area contributed by atoms with Gasteiger partial charge in [-0.3, -0.25) is 9.59 Å². The van der Waals surface area contributed by atoms with Gasteiger partial charge < -0.3 is 18.9 Å². The van der Waals surface area contributed by atoms with E-state index in [0.29, 0.717) is 0 Å². The van der Waals surface area contributed by atoms with Gasteiger partial charge in [0.1, 0.15) is 24.9 Å². The summed E-state index contributed by atoms with van der Waals surface area (Å²) in [5.41, 5.74) is 3.64. The number of Topliss-reactive ketones (excluding diaryl/α,β-unsaturated/α-hetero) is 2. The summed E-state index contributed by atoms with van der Waals surface area (Å²) in [7, 11) is 0. The van der Waals surface area contributed by atoms with Crippen LogP contribution in [0.15, 0.2) is 121 Å². The molecule has 6 nitrogen and oxygen atoms in total. The summed E-state index contributed by atoms with van der Waals surface area (Å²) in [4.78, 5) is 26.7. The molecule has 0 saturated carbocycles. The standard InChI is InChI=1S/C35H36O6/c1-27(36)33(39-23-29-16-8-3-9-17-29)35(41-25-31-20-12-5-13-21-31)34(40-24-30-18-10-4-11-19-30)32(37)26-38-22-28-14-6-2-7-15-28/h2-21,33-35H,22-26H2,1H3/t33-,34-,35+/m0/s1. The number of carbonyl (C=O) groups excluding carboxylic acids is 2. The highest BCUT2D eigenvalue weighted by Gasteiger charge is 2.39. The molecule has 0 bridgehead atoms. The van der Waals surface area contributed by atoms with Gasteiger partial charge in [0.05, 0.1) is 26.4 Å². The van der Waals surface area contributed by atoms with Crippen LogP contribution < -0.4 is 0 Å². The van der Waals surface area contributed by atoms with E-state index in [9.17, 15) is 9.59 Å². The molecule has 0 spiro atoms. The second-order valence-electron chi connectivity index (χ2n) is 9.75. The third-order valence-corrected chi connectivity index (χ3v) is 6.50. The number of rotatable bonds is 17. The predicted octanol–water partition coefficient (Wildman–Crippen LogP) is 6.12. The smallest absolute Gasteiger partial charge is 0.189 e. The minimum Gasteiger partial charge on any atom is -0.369 e. The van der Waals surface area contributed by atoms with E-state index in [0.717, 1.165) is 22.3 Å². The molecule has 0 N–H and O–H groups in total. The monoisotopic (exact) mass is 552 g/mol. The molecule has 0 aliphatic carbocycles. The van der Waals surface area contributed by atoms with Gasteiger partial charge in [0.2, 0.25) is 0 Å². The summed E-state index contributed by atoms with van der Waals surface area (Å²) in [5, 5.41) is 0. The highest BCUT2D eigenvalue weighted by Crippen LogP contribution is 2.21. The molecule has 212 valence electrons. The maximum Gasteiger partial charge on any atom is 0.189 e. The number of hydrogen-bond donors (Lipinski definition) is 0. The molecule has 0 fully saturated rings. The third-order valence-electron chi connectivity index (χ3n) is 6.50. The average Bonchev–Trinajstić information content (AvgIpc) is 3.01. The molecule has 0 saturated heterocycles. The zero-order valence-electron chi connectivity index (χ0n) is 23.3. The van der Waals surface area contributed by atoms with E-state index >= 15 is 0 Å². The summed E-state index contributed by atoms with van der Waals surface area (Å²) < 4.78 is 24.5. The zero-order valence-corrected chi connectivity index (χ0v) is 23.3. The van der Waals surface area contributed by atoms with Crippen LogP contribution in [0.25, 0.3) is 0 Å². The molecular formula is C35H36O6. The van der Waals surface area contributed by atoms with Crippen LogP contribution in [0.3, 0.4) is 0 Å². The molecule has 0 aliphatic rings. The fraction of sp³-hybridized carbons (Fsp3) is 0.257. The number of ether oxygens (including phenoxy) is 4. The van der Waals surface area contributed by atoms with Gasteiger partial charge in [-0.15, -0.1) is 0 Å². The molecule has 4 aromatic rings. The van der Waals surface area contributed by atoms with Crippen molar-refractivity contribution in [3.8, 4) is 0 Å². The van der Waals surface area contributed by atoms with Crippen LogP contribution in [-0.2, 0) is 55.0 Å². The summed E-state index contributed by atoms with van der Waals surface area (Å²) in [6.07, 6.45) is -3.16. The van der Waals surface area contributed by atoms with Crippen LogP contribution >= 0.6 is 0 Å². The maximum atomic E-state index is 13.7. The van der Waals surface area contributed by atoms with E-state index in [4.69, 9.17) is 18.9 Å². The summed E-state index contributed by atoms with van der Waals surface area (Å²) in [6, 6.07) is 38.4. The Labute approximate surface area is 241 Å². The number of ketones is 2. The van der Waals surface area contributed by atoms with E-state index in [2.05, 4.69) is 0 Å². The molecule has 0 heterocycles. The lowest BCUT2D eigenvalue weighted by Crippen LogP contribution is -2.50. The predicted molar refractivity (Wildman–Crippen MR) is 157 cm³/mol. The van der Waals surface area contributed by atoms with Crippen molar-refractivity contribution in [2.45, 2.75) is 51.7 Å². The number of hydrogen-bond acceptors (Lipinski definition) is 6. The number of carbonyl (C=O) groups is 2. The normalized spacial score (nSPS) is 13.3. The molecule has 4 aromatic carbocycles. The Kier molecular flexibility index (Phi) is 12.0. The molecule has 0 aromatic heterocycles. The summed E-state index contributed by atoms with van der Waals surface area (Å²) in [5.74, 6) is -0.588. The van der Waals surface area contributed by atoms with Crippen molar-refractivity contribution in [1.29, 1.82) is 0 Å². The van der Waals surface area contributed by atoms with Gasteiger partial charge in [-0.2, -0.15) is 0 Å². The van der Waals surface area contributed by atoms with Gasteiger partial charge in [0.25, 0.3) is 0 Å². The van der Waals surface area contributed by atoms with Crippen molar-refractivity contribution in [2.24, 2.45) is 0 Å². The molecule has 0 unspecified atom stereocenters. The number of benzene rings is 4. The SMILES string of the molecule is CC(=O)[C@H](OCc1ccccc1)[C@@H](OCc1ccccc1)[C@@H](OCc1ccccc1)C(=O)COCc1ccccc1. The van der Waals surface area contributed by atoms with Gasteiger partial charge in [0.15, 0.2) is 11.6 Å². The van der Waals surface area contributed by atoms with Crippen LogP contribution in [0, 0.1) is 0 Å². The Morgan fingerprint density at radius 3 is 1.29 bits per heavy atom. The van der Waals surface area contributed by atoms with Crippen molar-refractivity contribution in [3.05, 3.63) is 144 Å². The highest BCUT2D eigenvalue weighted by molar-refractivity contribution is 5.87. The third kappa shape index (κ3) is 9.88. The van der Waals surface area contributed by atoms with E-state index in [-0.39, 0.29) is 44.6 Å². The topological polar surface area (TPSA) is 71.1 Å². The second-order valence-corrected chi connectivity index (χ2v) is 9.75. The molecule has 3 atom stereocenters. The van der Waals surface area contributed by atoms with E-state index in [1.54, 1.807) is 0 Å². The first-order chi connectivity index (χ1) is 20.1. The van der Waals surface area contributed by atoms with Crippen LogP contribution in [0.4, 0.5) is 0 Å². The lowest BCUT2D eigenvalue weighted by atomic mass is 10.0. The molecule has 41 heavy (non-hydrogen) atoms. The lowest BCUT2D eigenvalue weighted by molar-refractivity contribution is -0.174. The first-order valence-corrected chi connectivity index (χ1v) is 13.7. The fourth-order valence-electron chi connectivity index (χ4n) is 4.36. The van der Waals surface area contributed by atoms with Gasteiger partial charge in [0, 0.05) is 0 Å². The van der Waals surface area contributed by atoms with Crippen molar-refractivity contribution >= 4 is 11.6 Å². The van der Waals surface area contributed by atoms with Crippen molar-refractivity contribution < 1.29 is 28.5 Å². The largest absolute Gasteiger partial charge is 0.369 e. The molecule has 4 rings (SSSR count). The van der Waals surface area contributed by atoms with Crippen LogP contribution in [0.2, 0.25) is 0 Å². The quantitative estimate of drug-likeness (QED) is 0.157. The summed E-state index contributed by atoms with van der Waals surface area (Å²) in [6.45, 7) is 2.02. The van der Waals surface area contributed by atoms with E-state index < -0.39 is 18.3 Å².